The van der Waals surface area contributed by atoms with Gasteiger partial charge in [0.05, 0.1) is 6.61 Å². The molecular weight excluding hydrogens is 342 g/mol. The van der Waals surface area contributed by atoms with E-state index in [1.54, 1.807) is 11.9 Å². The molecule has 0 unspecified atom stereocenters. The zero-order valence-corrected chi connectivity index (χ0v) is 16.5. The van der Waals surface area contributed by atoms with E-state index >= 15 is 0 Å². The van der Waals surface area contributed by atoms with Crippen LogP contribution in [0.3, 0.4) is 0 Å². The number of carbonyl (C=O) groups excluding carboxylic acids is 1. The van der Waals surface area contributed by atoms with Gasteiger partial charge in [0.25, 0.3) is 5.91 Å². The van der Waals surface area contributed by atoms with Gasteiger partial charge in [0, 0.05) is 31.1 Å². The molecule has 27 heavy (non-hydrogen) atoms. The number of carbonyl (C=O) groups is 1. The highest BCUT2D eigenvalue weighted by Gasteiger charge is 2.32. The van der Waals surface area contributed by atoms with Crippen molar-refractivity contribution in [2.75, 3.05) is 20.3 Å². The number of likely N-dealkylation sites (N-methyl/N-ethyl adjacent to an activating group) is 1. The van der Waals surface area contributed by atoms with Crippen molar-refractivity contribution in [1.29, 1.82) is 0 Å². The number of para-hydroxylation sites is 2. The summed E-state index contributed by atoms with van der Waals surface area (Å²) in [6.45, 7) is 7.06. The first kappa shape index (κ1) is 19.1. The van der Waals surface area contributed by atoms with Crippen molar-refractivity contribution in [2.45, 2.75) is 39.3 Å². The Morgan fingerprint density at radius 1 is 1.11 bits per heavy atom. The normalized spacial score (nSPS) is 14.2. The van der Waals surface area contributed by atoms with E-state index < -0.39 is 0 Å². The van der Waals surface area contributed by atoms with Gasteiger partial charge in [0.1, 0.15) is 11.4 Å². The van der Waals surface area contributed by atoms with Gasteiger partial charge >= 0.3 is 0 Å². The Kier molecular flexibility index (Phi) is 5.59. The van der Waals surface area contributed by atoms with Crippen LogP contribution in [-0.4, -0.2) is 36.7 Å². The molecule has 1 aliphatic rings. The first-order valence-electron chi connectivity index (χ1n) is 9.28. The van der Waals surface area contributed by atoms with E-state index in [1.165, 1.54) is 0 Å². The van der Waals surface area contributed by atoms with Crippen LogP contribution in [0.5, 0.6) is 17.2 Å². The fourth-order valence-electron chi connectivity index (χ4n) is 3.23. The zero-order chi connectivity index (χ0) is 19.4. The third-order valence-corrected chi connectivity index (χ3v) is 4.51. The molecule has 1 aliphatic heterocycles. The highest BCUT2D eigenvalue weighted by molar-refractivity contribution is 5.77. The van der Waals surface area contributed by atoms with Gasteiger partial charge < -0.3 is 19.1 Å². The fraction of sp³-hybridized carbons (Fsp3) is 0.409. The van der Waals surface area contributed by atoms with Gasteiger partial charge in [-0.2, -0.15) is 0 Å². The topological polar surface area (TPSA) is 48.0 Å². The average molecular weight is 369 g/mol. The highest BCUT2D eigenvalue weighted by Crippen LogP contribution is 2.41. The van der Waals surface area contributed by atoms with Crippen LogP contribution in [0.2, 0.25) is 0 Å². The van der Waals surface area contributed by atoms with E-state index in [-0.39, 0.29) is 18.1 Å². The number of benzene rings is 2. The Morgan fingerprint density at radius 3 is 2.63 bits per heavy atom. The standard InChI is InChI=1S/C22H27NO4/c1-5-25-18-11-7-6-9-17(18)14-23(4)20(24)15-26-19-12-8-10-16-13-22(2,3)27-21(16)19/h6-12H,5,13-15H2,1-4H3. The van der Waals surface area contributed by atoms with Gasteiger partial charge in [-0.25, -0.2) is 0 Å². The maximum absolute atomic E-state index is 12.5. The monoisotopic (exact) mass is 369 g/mol. The van der Waals surface area contributed by atoms with Crippen LogP contribution in [0.25, 0.3) is 0 Å². The molecule has 0 saturated heterocycles. The molecule has 0 fully saturated rings. The molecule has 0 radical (unpaired) electrons. The molecule has 0 spiro atoms. The van der Waals surface area contributed by atoms with Crippen molar-refractivity contribution < 1.29 is 19.0 Å². The van der Waals surface area contributed by atoms with Crippen molar-refractivity contribution in [3.63, 3.8) is 0 Å². The third-order valence-electron chi connectivity index (χ3n) is 4.51. The second-order valence-corrected chi connectivity index (χ2v) is 7.36. The van der Waals surface area contributed by atoms with E-state index in [0.29, 0.717) is 18.9 Å². The Balaban J connectivity index is 1.62. The van der Waals surface area contributed by atoms with Crippen LogP contribution in [0.4, 0.5) is 0 Å². The van der Waals surface area contributed by atoms with Gasteiger partial charge in [0.2, 0.25) is 0 Å². The van der Waals surface area contributed by atoms with Crippen LogP contribution < -0.4 is 14.2 Å². The number of ether oxygens (including phenoxy) is 3. The smallest absolute Gasteiger partial charge is 0.260 e. The van der Waals surface area contributed by atoms with Crippen LogP contribution >= 0.6 is 0 Å². The molecule has 2 aromatic carbocycles. The summed E-state index contributed by atoms with van der Waals surface area (Å²) in [5, 5.41) is 0. The molecular formula is C22H27NO4. The van der Waals surface area contributed by atoms with Crippen LogP contribution in [0, 0.1) is 0 Å². The number of nitrogens with zero attached hydrogens (tertiary/aromatic N) is 1. The average Bonchev–Trinajstić information content (AvgIpc) is 2.95. The highest BCUT2D eigenvalue weighted by atomic mass is 16.5. The predicted molar refractivity (Wildman–Crippen MR) is 104 cm³/mol. The van der Waals surface area contributed by atoms with E-state index in [0.717, 1.165) is 29.0 Å². The molecule has 1 amide bonds. The molecule has 0 aromatic heterocycles. The van der Waals surface area contributed by atoms with Gasteiger partial charge in [-0.3, -0.25) is 4.79 Å². The van der Waals surface area contributed by atoms with E-state index in [4.69, 9.17) is 14.2 Å². The van der Waals surface area contributed by atoms with Crippen LogP contribution in [0.1, 0.15) is 31.9 Å². The Morgan fingerprint density at radius 2 is 1.85 bits per heavy atom. The van der Waals surface area contributed by atoms with Crippen molar-refractivity contribution in [3.8, 4) is 17.2 Å². The summed E-state index contributed by atoms with van der Waals surface area (Å²) in [5.74, 6) is 2.07. The SMILES string of the molecule is CCOc1ccccc1CN(C)C(=O)COc1cccc2c1OC(C)(C)C2. The van der Waals surface area contributed by atoms with Crippen molar-refractivity contribution >= 4 is 5.91 Å². The summed E-state index contributed by atoms with van der Waals surface area (Å²) >= 11 is 0. The Labute approximate surface area is 160 Å². The van der Waals surface area contributed by atoms with Crippen molar-refractivity contribution in [1.82, 2.24) is 4.90 Å². The second kappa shape index (κ2) is 7.91. The van der Waals surface area contributed by atoms with Gasteiger partial charge in [0.15, 0.2) is 18.1 Å². The summed E-state index contributed by atoms with van der Waals surface area (Å²) < 4.78 is 17.4. The fourth-order valence-corrected chi connectivity index (χ4v) is 3.23. The molecule has 144 valence electrons. The van der Waals surface area contributed by atoms with Crippen LogP contribution in [-0.2, 0) is 17.8 Å². The lowest BCUT2D eigenvalue weighted by Crippen LogP contribution is -2.31. The van der Waals surface area contributed by atoms with Gasteiger partial charge in [-0.05, 0) is 32.9 Å². The number of hydrogen-bond acceptors (Lipinski definition) is 4. The van der Waals surface area contributed by atoms with E-state index in [9.17, 15) is 4.79 Å². The van der Waals surface area contributed by atoms with Gasteiger partial charge in [-0.15, -0.1) is 0 Å². The predicted octanol–water partition coefficient (Wildman–Crippen LogP) is 3.84. The first-order valence-corrected chi connectivity index (χ1v) is 9.28. The van der Waals surface area contributed by atoms with E-state index in [2.05, 4.69) is 0 Å². The van der Waals surface area contributed by atoms with Crippen LogP contribution in [0.15, 0.2) is 42.5 Å². The molecule has 0 atom stereocenters. The summed E-state index contributed by atoms with van der Waals surface area (Å²) in [6.07, 6.45) is 0.835. The number of hydrogen-bond donors (Lipinski definition) is 0. The summed E-state index contributed by atoms with van der Waals surface area (Å²) in [6, 6.07) is 13.6. The third kappa shape index (κ3) is 4.54. The van der Waals surface area contributed by atoms with Gasteiger partial charge in [-0.1, -0.05) is 30.3 Å². The summed E-state index contributed by atoms with van der Waals surface area (Å²) in [7, 11) is 1.77. The quantitative estimate of drug-likeness (QED) is 0.744. The largest absolute Gasteiger partial charge is 0.494 e. The second-order valence-electron chi connectivity index (χ2n) is 7.36. The lowest BCUT2D eigenvalue weighted by molar-refractivity contribution is -0.132. The Hall–Kier alpha value is -2.69. The maximum atomic E-state index is 12.5. The van der Waals surface area contributed by atoms with Crippen molar-refractivity contribution in [2.24, 2.45) is 0 Å². The molecule has 0 aliphatic carbocycles. The number of amides is 1. The van der Waals surface area contributed by atoms with E-state index in [1.807, 2.05) is 63.2 Å². The maximum Gasteiger partial charge on any atom is 0.260 e. The lowest BCUT2D eigenvalue weighted by Gasteiger charge is -2.20. The Bertz CT molecular complexity index is 816. The first-order chi connectivity index (χ1) is 12.9. The minimum absolute atomic E-state index is 0.0342. The molecule has 5 nitrogen and oxygen atoms in total. The number of fused-ring (bicyclic) bond motifs is 1. The molecule has 0 saturated carbocycles. The summed E-state index contributed by atoms with van der Waals surface area (Å²) in [5.41, 5.74) is 1.84. The minimum Gasteiger partial charge on any atom is -0.494 e. The molecule has 2 aromatic rings. The molecule has 5 heteroatoms. The summed E-state index contributed by atoms with van der Waals surface area (Å²) in [4.78, 5) is 14.2. The molecule has 3 rings (SSSR count). The molecule has 1 heterocycles. The minimum atomic E-state index is -0.244. The molecule has 0 bridgehead atoms. The van der Waals surface area contributed by atoms with Crippen molar-refractivity contribution in [3.05, 3.63) is 53.6 Å². The lowest BCUT2D eigenvalue weighted by atomic mass is 10.0. The molecule has 0 N–H and O–H groups in total. The number of rotatable bonds is 7. The zero-order valence-electron chi connectivity index (χ0n) is 16.5.